The first-order chi connectivity index (χ1) is 11.9. The van der Waals surface area contributed by atoms with E-state index >= 15 is 0 Å². The lowest BCUT2D eigenvalue weighted by Crippen LogP contribution is -2.50. The Labute approximate surface area is 148 Å². The third kappa shape index (κ3) is 3.32. The van der Waals surface area contributed by atoms with Crippen LogP contribution in [0.3, 0.4) is 0 Å². The summed E-state index contributed by atoms with van der Waals surface area (Å²) in [6.07, 6.45) is 1.92. The van der Waals surface area contributed by atoms with Crippen LogP contribution >= 0.6 is 0 Å². The van der Waals surface area contributed by atoms with Crippen LogP contribution in [0, 0.1) is 12.8 Å². The van der Waals surface area contributed by atoms with Gasteiger partial charge in [0.2, 0.25) is 15.9 Å². The lowest BCUT2D eigenvalue weighted by molar-refractivity contribution is -0.133. The Morgan fingerprint density at radius 2 is 1.72 bits per heavy atom. The zero-order valence-corrected chi connectivity index (χ0v) is 15.6. The molecule has 0 unspecified atom stereocenters. The number of amides is 1. The van der Waals surface area contributed by atoms with Crippen molar-refractivity contribution in [1.29, 1.82) is 0 Å². The molecule has 1 saturated carbocycles. The Morgan fingerprint density at radius 1 is 1.08 bits per heavy atom. The van der Waals surface area contributed by atoms with Crippen molar-refractivity contribution in [2.75, 3.05) is 40.4 Å². The highest BCUT2D eigenvalue weighted by Gasteiger charge is 2.37. The lowest BCUT2D eigenvalue weighted by Gasteiger charge is -2.34. The van der Waals surface area contributed by atoms with E-state index in [1.165, 1.54) is 24.6 Å². The number of nitrogens with zero attached hydrogens (tertiary/aromatic N) is 2. The monoisotopic (exact) mass is 368 g/mol. The van der Waals surface area contributed by atoms with Crippen molar-refractivity contribution < 1.29 is 22.7 Å². The van der Waals surface area contributed by atoms with Gasteiger partial charge in [0, 0.05) is 37.7 Å². The van der Waals surface area contributed by atoms with E-state index in [-0.39, 0.29) is 16.7 Å². The van der Waals surface area contributed by atoms with Crippen LogP contribution in [0.4, 0.5) is 0 Å². The Morgan fingerprint density at radius 3 is 2.24 bits per heavy atom. The van der Waals surface area contributed by atoms with Crippen LogP contribution < -0.4 is 9.47 Å². The smallest absolute Gasteiger partial charge is 0.246 e. The number of carbonyl (C=O) groups is 1. The minimum absolute atomic E-state index is 0.135. The third-order valence-corrected chi connectivity index (χ3v) is 6.76. The predicted molar refractivity (Wildman–Crippen MR) is 92.3 cm³/mol. The number of piperazine rings is 1. The van der Waals surface area contributed by atoms with Gasteiger partial charge in [-0.25, -0.2) is 8.42 Å². The van der Waals surface area contributed by atoms with Gasteiger partial charge in [0.15, 0.2) is 0 Å². The largest absolute Gasteiger partial charge is 0.496 e. The van der Waals surface area contributed by atoms with Gasteiger partial charge in [-0.3, -0.25) is 4.79 Å². The minimum atomic E-state index is -3.69. The number of benzene rings is 1. The number of sulfonamides is 1. The average Bonchev–Trinajstić information content (AvgIpc) is 3.46. The lowest BCUT2D eigenvalue weighted by atomic mass is 10.2. The molecule has 0 atom stereocenters. The first-order valence-corrected chi connectivity index (χ1v) is 9.84. The molecule has 0 aromatic heterocycles. The predicted octanol–water partition coefficient (Wildman–Crippen LogP) is 1.26. The van der Waals surface area contributed by atoms with Crippen molar-refractivity contribution in [2.45, 2.75) is 24.7 Å². The number of rotatable bonds is 5. The van der Waals surface area contributed by atoms with E-state index in [1.54, 1.807) is 17.9 Å². The van der Waals surface area contributed by atoms with E-state index < -0.39 is 10.0 Å². The van der Waals surface area contributed by atoms with E-state index in [4.69, 9.17) is 9.47 Å². The minimum Gasteiger partial charge on any atom is -0.496 e. The van der Waals surface area contributed by atoms with Gasteiger partial charge in [0.25, 0.3) is 0 Å². The summed E-state index contributed by atoms with van der Waals surface area (Å²) in [6.45, 7) is 3.24. The average molecular weight is 368 g/mol. The highest BCUT2D eigenvalue weighted by Crippen LogP contribution is 2.36. The van der Waals surface area contributed by atoms with Gasteiger partial charge in [0.1, 0.15) is 16.4 Å². The van der Waals surface area contributed by atoms with Gasteiger partial charge in [0.05, 0.1) is 14.2 Å². The maximum absolute atomic E-state index is 13.0. The molecule has 138 valence electrons. The number of ether oxygens (including phenoxy) is 2. The van der Waals surface area contributed by atoms with Crippen molar-refractivity contribution in [3.8, 4) is 11.5 Å². The van der Waals surface area contributed by atoms with Gasteiger partial charge in [-0.1, -0.05) is 0 Å². The zero-order chi connectivity index (χ0) is 18.2. The Hall–Kier alpha value is -1.80. The van der Waals surface area contributed by atoms with Crippen LogP contribution in [0.2, 0.25) is 0 Å². The fraction of sp³-hybridized carbons (Fsp3) is 0.588. The second-order valence-corrected chi connectivity index (χ2v) is 8.33. The van der Waals surface area contributed by atoms with E-state index in [0.717, 1.165) is 12.8 Å². The van der Waals surface area contributed by atoms with Crippen LogP contribution in [0.5, 0.6) is 11.5 Å². The molecule has 8 heteroatoms. The highest BCUT2D eigenvalue weighted by molar-refractivity contribution is 7.89. The Bertz CT molecular complexity index is 765. The molecule has 1 amide bonds. The molecule has 0 radical (unpaired) electrons. The van der Waals surface area contributed by atoms with Gasteiger partial charge >= 0.3 is 0 Å². The molecule has 2 aliphatic rings. The zero-order valence-electron chi connectivity index (χ0n) is 14.8. The summed E-state index contributed by atoms with van der Waals surface area (Å²) >= 11 is 0. The summed E-state index contributed by atoms with van der Waals surface area (Å²) in [5, 5.41) is 0. The molecule has 3 rings (SSSR count). The molecule has 1 aliphatic heterocycles. The fourth-order valence-corrected chi connectivity index (χ4v) is 4.84. The van der Waals surface area contributed by atoms with Gasteiger partial charge in [-0.15, -0.1) is 0 Å². The fourth-order valence-electron chi connectivity index (χ4n) is 3.20. The van der Waals surface area contributed by atoms with Gasteiger partial charge < -0.3 is 14.4 Å². The van der Waals surface area contributed by atoms with Crippen LogP contribution in [-0.4, -0.2) is 63.9 Å². The molecular formula is C17H24N2O5S. The molecule has 1 aromatic carbocycles. The van der Waals surface area contributed by atoms with Crippen LogP contribution in [0.25, 0.3) is 0 Å². The van der Waals surface area contributed by atoms with Crippen LogP contribution in [0.15, 0.2) is 17.0 Å². The van der Waals surface area contributed by atoms with Crippen molar-refractivity contribution in [1.82, 2.24) is 9.21 Å². The standard InChI is InChI=1S/C17H24N2O5S/c1-12-14(23-2)6-7-15(16(12)24-3)25(21,22)19-10-8-18(9-11-19)17(20)13-4-5-13/h6-7,13H,4-5,8-11H2,1-3H3. The van der Waals surface area contributed by atoms with Crippen molar-refractivity contribution >= 4 is 15.9 Å². The molecule has 1 aliphatic carbocycles. The maximum Gasteiger partial charge on any atom is 0.246 e. The van der Waals surface area contributed by atoms with E-state index in [0.29, 0.717) is 43.2 Å². The number of methoxy groups -OCH3 is 2. The first kappa shape index (κ1) is 18.0. The topological polar surface area (TPSA) is 76.2 Å². The maximum atomic E-state index is 13.0. The molecule has 2 fully saturated rings. The van der Waals surface area contributed by atoms with E-state index in [2.05, 4.69) is 0 Å². The third-order valence-electron chi connectivity index (χ3n) is 4.84. The summed E-state index contributed by atoms with van der Waals surface area (Å²) in [6, 6.07) is 3.15. The summed E-state index contributed by atoms with van der Waals surface area (Å²) < 4.78 is 38.1. The summed E-state index contributed by atoms with van der Waals surface area (Å²) in [4.78, 5) is 14.0. The van der Waals surface area contributed by atoms with Crippen molar-refractivity contribution in [3.05, 3.63) is 17.7 Å². The van der Waals surface area contributed by atoms with Crippen LogP contribution in [-0.2, 0) is 14.8 Å². The molecule has 1 aromatic rings. The number of hydrogen-bond acceptors (Lipinski definition) is 5. The molecule has 7 nitrogen and oxygen atoms in total. The van der Waals surface area contributed by atoms with Crippen molar-refractivity contribution in [3.63, 3.8) is 0 Å². The first-order valence-electron chi connectivity index (χ1n) is 8.40. The van der Waals surface area contributed by atoms with Crippen LogP contribution in [0.1, 0.15) is 18.4 Å². The van der Waals surface area contributed by atoms with E-state index in [9.17, 15) is 13.2 Å². The molecule has 0 spiro atoms. The normalized spacial score (nSPS) is 18.9. The summed E-state index contributed by atoms with van der Waals surface area (Å²) in [5.41, 5.74) is 0.647. The Balaban J connectivity index is 1.80. The van der Waals surface area contributed by atoms with Gasteiger partial charge in [-0.2, -0.15) is 4.31 Å². The van der Waals surface area contributed by atoms with Crippen molar-refractivity contribution in [2.24, 2.45) is 5.92 Å². The molecule has 0 N–H and O–H groups in total. The second kappa shape index (κ2) is 6.84. The highest BCUT2D eigenvalue weighted by atomic mass is 32.2. The Kier molecular flexibility index (Phi) is 4.92. The second-order valence-electron chi connectivity index (χ2n) is 6.43. The molecule has 1 heterocycles. The van der Waals surface area contributed by atoms with E-state index in [1.807, 2.05) is 0 Å². The number of carbonyl (C=O) groups excluding carboxylic acids is 1. The number of hydrogen-bond donors (Lipinski definition) is 0. The molecular weight excluding hydrogens is 344 g/mol. The van der Waals surface area contributed by atoms with Gasteiger partial charge in [-0.05, 0) is 31.9 Å². The molecule has 0 bridgehead atoms. The molecule has 1 saturated heterocycles. The quantitative estimate of drug-likeness (QED) is 0.782. The summed E-state index contributed by atoms with van der Waals surface area (Å²) in [7, 11) is -0.706. The summed E-state index contributed by atoms with van der Waals surface area (Å²) in [5.74, 6) is 1.20. The molecule has 25 heavy (non-hydrogen) atoms. The SMILES string of the molecule is COc1ccc(S(=O)(=O)N2CCN(C(=O)C3CC3)CC2)c(OC)c1C.